The Morgan fingerprint density at radius 3 is 2.53 bits per heavy atom. The van der Waals surface area contributed by atoms with Crippen LogP contribution in [0.5, 0.6) is 0 Å². The van der Waals surface area contributed by atoms with Crippen LogP contribution in [0.15, 0.2) is 0 Å². The lowest BCUT2D eigenvalue weighted by molar-refractivity contribution is 0.00603. The first kappa shape index (κ1) is 12.7. The highest BCUT2D eigenvalue weighted by Crippen LogP contribution is 2.35. The van der Waals surface area contributed by atoms with E-state index >= 15 is 0 Å². The van der Waals surface area contributed by atoms with Gasteiger partial charge in [-0.1, -0.05) is 27.2 Å². The number of ether oxygens (including phenoxy) is 1. The fourth-order valence-corrected chi connectivity index (χ4v) is 2.82. The number of hydrogen-bond acceptors (Lipinski definition) is 2. The van der Waals surface area contributed by atoms with Crippen molar-refractivity contribution in [3.8, 4) is 0 Å². The zero-order valence-electron chi connectivity index (χ0n) is 11.2. The van der Waals surface area contributed by atoms with Crippen LogP contribution in [0.2, 0.25) is 0 Å². The lowest BCUT2D eigenvalue weighted by Crippen LogP contribution is -2.39. The van der Waals surface area contributed by atoms with Crippen molar-refractivity contribution in [3.05, 3.63) is 0 Å². The molecule has 3 heteroatoms. The lowest BCUT2D eigenvalue weighted by Gasteiger charge is -2.36. The van der Waals surface area contributed by atoms with Gasteiger partial charge in [0.15, 0.2) is 0 Å². The number of hydrogen-bond donors (Lipinski definition) is 1. The van der Waals surface area contributed by atoms with Crippen molar-refractivity contribution in [1.29, 1.82) is 0 Å². The lowest BCUT2D eigenvalue weighted by atomic mass is 9.75. The Morgan fingerprint density at radius 2 is 1.94 bits per heavy atom. The maximum Gasteiger partial charge on any atom is 0.407 e. The number of carbonyl (C=O) groups excluding carboxylic acids is 1. The fourth-order valence-electron chi connectivity index (χ4n) is 2.82. The Morgan fingerprint density at radius 1 is 1.24 bits per heavy atom. The van der Waals surface area contributed by atoms with Gasteiger partial charge in [0.1, 0.15) is 6.10 Å². The van der Waals surface area contributed by atoms with E-state index in [-0.39, 0.29) is 12.2 Å². The fraction of sp³-hybridized carbons (Fsp3) is 0.929. The van der Waals surface area contributed by atoms with Gasteiger partial charge in [0, 0.05) is 6.04 Å². The van der Waals surface area contributed by atoms with Gasteiger partial charge < -0.3 is 10.1 Å². The third-order valence-electron chi connectivity index (χ3n) is 4.12. The van der Waals surface area contributed by atoms with E-state index < -0.39 is 0 Å². The summed E-state index contributed by atoms with van der Waals surface area (Å²) in [4.78, 5) is 11.7. The van der Waals surface area contributed by atoms with Gasteiger partial charge in [-0.05, 0) is 43.4 Å². The average Bonchev–Trinajstić information content (AvgIpc) is 3.00. The minimum atomic E-state index is -0.197. The van der Waals surface area contributed by atoms with Crippen molar-refractivity contribution in [2.45, 2.75) is 65.0 Å². The van der Waals surface area contributed by atoms with Gasteiger partial charge in [0.05, 0.1) is 0 Å². The van der Waals surface area contributed by atoms with Crippen molar-refractivity contribution in [2.24, 2.45) is 17.8 Å². The van der Waals surface area contributed by atoms with Crippen molar-refractivity contribution in [3.63, 3.8) is 0 Å². The van der Waals surface area contributed by atoms with E-state index in [2.05, 4.69) is 26.1 Å². The second-order valence-electron chi connectivity index (χ2n) is 6.19. The van der Waals surface area contributed by atoms with Gasteiger partial charge >= 0.3 is 6.09 Å². The highest BCUT2D eigenvalue weighted by atomic mass is 16.6. The van der Waals surface area contributed by atoms with Crippen LogP contribution >= 0.6 is 0 Å². The Kier molecular flexibility index (Phi) is 3.95. The average molecular weight is 239 g/mol. The Balaban J connectivity index is 1.87. The molecule has 0 radical (unpaired) electrons. The molecule has 98 valence electrons. The molecular formula is C14H25NO2. The van der Waals surface area contributed by atoms with Crippen LogP contribution in [0.3, 0.4) is 0 Å². The van der Waals surface area contributed by atoms with Crippen molar-refractivity contribution in [1.82, 2.24) is 5.32 Å². The highest BCUT2D eigenvalue weighted by Gasteiger charge is 2.34. The van der Waals surface area contributed by atoms with E-state index in [4.69, 9.17) is 4.74 Å². The van der Waals surface area contributed by atoms with Crippen molar-refractivity contribution < 1.29 is 9.53 Å². The second kappa shape index (κ2) is 5.28. The molecule has 0 aliphatic heterocycles. The molecule has 2 fully saturated rings. The van der Waals surface area contributed by atoms with Crippen LogP contribution in [0.1, 0.15) is 52.9 Å². The molecule has 17 heavy (non-hydrogen) atoms. The first-order valence-electron chi connectivity index (χ1n) is 7.03. The number of rotatable bonds is 3. The maximum absolute atomic E-state index is 11.7. The van der Waals surface area contributed by atoms with Crippen LogP contribution in [-0.4, -0.2) is 18.2 Å². The summed E-state index contributed by atoms with van der Waals surface area (Å²) in [6, 6.07) is 0.390. The van der Waals surface area contributed by atoms with Gasteiger partial charge in [0.2, 0.25) is 0 Å². The molecule has 0 aromatic rings. The van der Waals surface area contributed by atoms with E-state index in [0.29, 0.717) is 23.8 Å². The Bertz CT molecular complexity index is 273. The Labute approximate surface area is 104 Å². The smallest absolute Gasteiger partial charge is 0.407 e. The molecule has 2 aliphatic carbocycles. The van der Waals surface area contributed by atoms with Crippen molar-refractivity contribution >= 4 is 6.09 Å². The van der Waals surface area contributed by atoms with E-state index in [0.717, 1.165) is 19.3 Å². The molecular weight excluding hydrogens is 214 g/mol. The summed E-state index contributed by atoms with van der Waals surface area (Å²) in [5.74, 6) is 1.82. The van der Waals surface area contributed by atoms with E-state index in [1.54, 1.807) is 0 Å². The van der Waals surface area contributed by atoms with E-state index in [1.165, 1.54) is 12.8 Å². The molecule has 2 rings (SSSR count). The van der Waals surface area contributed by atoms with Gasteiger partial charge in [-0.25, -0.2) is 4.79 Å². The SMILES string of the molecule is CC1CC[C@@H](C(C)C)[C@@H](OC(=O)NC2CC2)C1. The largest absolute Gasteiger partial charge is 0.446 e. The second-order valence-corrected chi connectivity index (χ2v) is 6.19. The first-order valence-corrected chi connectivity index (χ1v) is 7.03. The summed E-state index contributed by atoms with van der Waals surface area (Å²) in [5.41, 5.74) is 0. The first-order chi connectivity index (χ1) is 8.06. The van der Waals surface area contributed by atoms with Crippen LogP contribution in [0.4, 0.5) is 4.79 Å². The normalized spacial score (nSPS) is 33.5. The predicted octanol–water partition coefficient (Wildman–Crippen LogP) is 3.34. The molecule has 0 spiro atoms. The minimum Gasteiger partial charge on any atom is -0.446 e. The topological polar surface area (TPSA) is 38.3 Å². The predicted molar refractivity (Wildman–Crippen MR) is 67.8 cm³/mol. The quantitative estimate of drug-likeness (QED) is 0.820. The summed E-state index contributed by atoms with van der Waals surface area (Å²) >= 11 is 0. The number of amides is 1. The summed E-state index contributed by atoms with van der Waals surface area (Å²) in [6.07, 6.45) is 5.65. The molecule has 2 saturated carbocycles. The molecule has 1 unspecified atom stereocenters. The van der Waals surface area contributed by atoms with Crippen LogP contribution in [0.25, 0.3) is 0 Å². The molecule has 0 heterocycles. The standard InChI is InChI=1S/C14H25NO2/c1-9(2)12-7-4-10(3)8-13(12)17-14(16)15-11-5-6-11/h9-13H,4-8H2,1-3H3,(H,15,16)/t10?,12-,13-/m0/s1. The molecule has 0 saturated heterocycles. The van der Waals surface area contributed by atoms with E-state index in [1.807, 2.05) is 0 Å². The molecule has 3 nitrogen and oxygen atoms in total. The zero-order chi connectivity index (χ0) is 12.4. The Hall–Kier alpha value is -0.730. The number of alkyl carbamates (subject to hydrolysis) is 1. The van der Waals surface area contributed by atoms with Crippen molar-refractivity contribution in [2.75, 3.05) is 0 Å². The molecule has 2 aliphatic rings. The number of carbonyl (C=O) groups is 1. The van der Waals surface area contributed by atoms with Gasteiger partial charge in [-0.3, -0.25) is 0 Å². The summed E-state index contributed by atoms with van der Waals surface area (Å²) in [7, 11) is 0. The monoisotopic (exact) mass is 239 g/mol. The molecule has 1 N–H and O–H groups in total. The minimum absolute atomic E-state index is 0.123. The molecule has 0 bridgehead atoms. The summed E-state index contributed by atoms with van der Waals surface area (Å²) in [5, 5.41) is 2.91. The third kappa shape index (κ3) is 3.62. The van der Waals surface area contributed by atoms with E-state index in [9.17, 15) is 4.79 Å². The zero-order valence-corrected chi connectivity index (χ0v) is 11.2. The van der Waals surface area contributed by atoms with Gasteiger partial charge in [0.25, 0.3) is 0 Å². The summed E-state index contributed by atoms with van der Waals surface area (Å²) in [6.45, 7) is 6.72. The maximum atomic E-state index is 11.7. The molecule has 3 atom stereocenters. The number of nitrogens with one attached hydrogen (secondary N) is 1. The van der Waals surface area contributed by atoms with Crippen LogP contribution < -0.4 is 5.32 Å². The van der Waals surface area contributed by atoms with Crippen LogP contribution in [0, 0.1) is 17.8 Å². The third-order valence-corrected chi connectivity index (χ3v) is 4.12. The van der Waals surface area contributed by atoms with Gasteiger partial charge in [-0.2, -0.15) is 0 Å². The summed E-state index contributed by atoms with van der Waals surface area (Å²) < 4.78 is 5.64. The molecule has 0 aromatic carbocycles. The van der Waals surface area contributed by atoms with Gasteiger partial charge in [-0.15, -0.1) is 0 Å². The van der Waals surface area contributed by atoms with Crippen LogP contribution in [-0.2, 0) is 4.74 Å². The molecule has 1 amide bonds. The highest BCUT2D eigenvalue weighted by molar-refractivity contribution is 5.68. The molecule has 0 aromatic heterocycles.